The molecular weight excluding hydrogens is 190 g/mol. The quantitative estimate of drug-likeness (QED) is 0.759. The average Bonchev–Trinajstić information content (AvgIpc) is 2.20. The Hall–Kier alpha value is -1.35. The molecule has 0 saturated carbocycles. The van der Waals surface area contributed by atoms with E-state index < -0.39 is 0 Å². The number of rotatable bonds is 1. The summed E-state index contributed by atoms with van der Waals surface area (Å²) in [6.07, 6.45) is 1.61. The maximum atomic E-state index is 11.8. The number of likely N-dealkylation sites (N-methyl/N-ethyl adjacent to an activating group) is 1. The molecule has 80 valence electrons. The van der Waals surface area contributed by atoms with Crippen LogP contribution in [0.3, 0.4) is 0 Å². The molecule has 1 saturated heterocycles. The molecule has 1 aliphatic heterocycles. The highest BCUT2D eigenvalue weighted by atomic mass is 16.3. The summed E-state index contributed by atoms with van der Waals surface area (Å²) in [6.45, 7) is 0.956. The number of benzene rings is 1. The Morgan fingerprint density at radius 3 is 2.60 bits per heavy atom. The molecule has 2 rings (SSSR count). The van der Waals surface area contributed by atoms with Gasteiger partial charge in [0.2, 0.25) is 0 Å². The number of hydrogen-bond donors (Lipinski definition) is 1. The van der Waals surface area contributed by atoms with Gasteiger partial charge < -0.3 is 5.11 Å². The summed E-state index contributed by atoms with van der Waals surface area (Å²) in [5.74, 6) is 0.513. The molecule has 3 nitrogen and oxygen atoms in total. The molecule has 1 aliphatic rings. The lowest BCUT2D eigenvalue weighted by molar-refractivity contribution is -0.126. The minimum atomic E-state index is -0.126. The van der Waals surface area contributed by atoms with Gasteiger partial charge in [-0.25, -0.2) is 0 Å². The molecule has 1 aromatic rings. The van der Waals surface area contributed by atoms with Crippen LogP contribution in [0.2, 0.25) is 0 Å². The number of phenolic OH excluding ortho intramolecular Hbond substituents is 1. The second kappa shape index (κ2) is 4.03. The zero-order valence-corrected chi connectivity index (χ0v) is 8.81. The van der Waals surface area contributed by atoms with Crippen molar-refractivity contribution in [1.82, 2.24) is 4.90 Å². The van der Waals surface area contributed by atoms with E-state index in [0.717, 1.165) is 18.5 Å². The SMILES string of the molecule is CN1CCCC(=O)C1c1ccc(O)cc1. The highest BCUT2D eigenvalue weighted by molar-refractivity contribution is 5.86. The van der Waals surface area contributed by atoms with Gasteiger partial charge in [-0.3, -0.25) is 9.69 Å². The van der Waals surface area contributed by atoms with Crippen LogP contribution in [0.15, 0.2) is 24.3 Å². The molecule has 0 aliphatic carbocycles. The molecule has 0 radical (unpaired) electrons. The normalized spacial score (nSPS) is 23.0. The predicted octanol–water partition coefficient (Wildman–Crippen LogP) is 1.73. The van der Waals surface area contributed by atoms with E-state index in [1.165, 1.54) is 0 Å². The van der Waals surface area contributed by atoms with Crippen LogP contribution in [-0.4, -0.2) is 29.4 Å². The number of nitrogens with zero attached hydrogens (tertiary/aromatic N) is 1. The zero-order chi connectivity index (χ0) is 10.8. The van der Waals surface area contributed by atoms with Gasteiger partial charge in [0.25, 0.3) is 0 Å². The van der Waals surface area contributed by atoms with Gasteiger partial charge in [0, 0.05) is 6.42 Å². The topological polar surface area (TPSA) is 40.5 Å². The van der Waals surface area contributed by atoms with Crippen LogP contribution in [0.4, 0.5) is 0 Å². The third-order valence-electron chi connectivity index (χ3n) is 2.89. The molecule has 3 heteroatoms. The van der Waals surface area contributed by atoms with Crippen molar-refractivity contribution < 1.29 is 9.90 Å². The van der Waals surface area contributed by atoms with Gasteiger partial charge in [-0.15, -0.1) is 0 Å². The van der Waals surface area contributed by atoms with Crippen LogP contribution in [0, 0.1) is 0 Å². The number of piperidine rings is 1. The Labute approximate surface area is 89.3 Å². The summed E-state index contributed by atoms with van der Waals surface area (Å²) in [6, 6.07) is 6.77. The monoisotopic (exact) mass is 205 g/mol. The van der Waals surface area contributed by atoms with Crippen LogP contribution < -0.4 is 0 Å². The minimum Gasteiger partial charge on any atom is -0.508 e. The second-order valence-electron chi connectivity index (χ2n) is 4.04. The molecule has 1 heterocycles. The Balaban J connectivity index is 2.27. The molecule has 0 amide bonds. The molecule has 0 spiro atoms. The van der Waals surface area contributed by atoms with Gasteiger partial charge in [0.05, 0.1) is 6.04 Å². The maximum Gasteiger partial charge on any atom is 0.154 e. The van der Waals surface area contributed by atoms with E-state index in [1.54, 1.807) is 12.1 Å². The maximum absolute atomic E-state index is 11.8. The summed E-state index contributed by atoms with van der Waals surface area (Å²) in [5, 5.41) is 9.19. The molecule has 1 unspecified atom stereocenters. The van der Waals surface area contributed by atoms with Gasteiger partial charge in [0.15, 0.2) is 5.78 Å². The Kier molecular flexibility index (Phi) is 2.73. The number of likely N-dealkylation sites (tertiary alicyclic amines) is 1. The van der Waals surface area contributed by atoms with E-state index in [1.807, 2.05) is 19.2 Å². The lowest BCUT2D eigenvalue weighted by Gasteiger charge is -2.31. The summed E-state index contributed by atoms with van der Waals surface area (Å²) >= 11 is 0. The fourth-order valence-corrected chi connectivity index (χ4v) is 2.11. The summed E-state index contributed by atoms with van der Waals surface area (Å²) < 4.78 is 0. The van der Waals surface area contributed by atoms with Crippen molar-refractivity contribution in [2.45, 2.75) is 18.9 Å². The van der Waals surface area contributed by atoms with Crippen molar-refractivity contribution >= 4 is 5.78 Å². The summed E-state index contributed by atoms with van der Waals surface area (Å²) in [4.78, 5) is 13.9. The lowest BCUT2D eigenvalue weighted by atomic mass is 9.94. The Morgan fingerprint density at radius 1 is 1.33 bits per heavy atom. The molecule has 1 atom stereocenters. The highest BCUT2D eigenvalue weighted by Crippen LogP contribution is 2.27. The smallest absolute Gasteiger partial charge is 0.154 e. The van der Waals surface area contributed by atoms with Crippen LogP contribution in [0.1, 0.15) is 24.4 Å². The lowest BCUT2D eigenvalue weighted by Crippen LogP contribution is -2.36. The Bertz CT molecular complexity index is 358. The van der Waals surface area contributed by atoms with Gasteiger partial charge in [-0.05, 0) is 37.7 Å². The van der Waals surface area contributed by atoms with E-state index in [0.29, 0.717) is 6.42 Å². The number of aromatic hydroxyl groups is 1. The largest absolute Gasteiger partial charge is 0.508 e. The summed E-state index contributed by atoms with van der Waals surface area (Å²) in [7, 11) is 1.97. The average molecular weight is 205 g/mol. The van der Waals surface area contributed by atoms with Crippen molar-refractivity contribution in [3.8, 4) is 5.75 Å². The third-order valence-corrected chi connectivity index (χ3v) is 2.89. The first-order chi connectivity index (χ1) is 7.18. The molecule has 1 aromatic carbocycles. The van der Waals surface area contributed by atoms with Crippen molar-refractivity contribution in [2.24, 2.45) is 0 Å². The Morgan fingerprint density at radius 2 is 2.00 bits per heavy atom. The molecule has 1 N–H and O–H groups in total. The van der Waals surface area contributed by atoms with Crippen LogP contribution in [-0.2, 0) is 4.79 Å². The van der Waals surface area contributed by atoms with Crippen molar-refractivity contribution in [1.29, 1.82) is 0 Å². The molecule has 1 fully saturated rings. The van der Waals surface area contributed by atoms with Crippen molar-refractivity contribution in [2.75, 3.05) is 13.6 Å². The summed E-state index contributed by atoms with van der Waals surface area (Å²) in [5.41, 5.74) is 0.972. The van der Waals surface area contributed by atoms with Crippen LogP contribution in [0.25, 0.3) is 0 Å². The first kappa shape index (κ1) is 10.2. The predicted molar refractivity (Wildman–Crippen MR) is 57.7 cm³/mol. The van der Waals surface area contributed by atoms with E-state index in [-0.39, 0.29) is 17.6 Å². The minimum absolute atomic E-state index is 0.126. The number of Topliss-reactive ketones (excluding diaryl/α,β-unsaturated/α-hetero) is 1. The van der Waals surface area contributed by atoms with E-state index >= 15 is 0 Å². The molecular formula is C12H15NO2. The number of phenols is 1. The van der Waals surface area contributed by atoms with Gasteiger partial charge in [-0.2, -0.15) is 0 Å². The standard InChI is InChI=1S/C12H15NO2/c1-13-8-2-3-11(15)12(13)9-4-6-10(14)7-5-9/h4-7,12,14H,2-3,8H2,1H3. The number of hydrogen-bond acceptors (Lipinski definition) is 3. The van der Waals surface area contributed by atoms with Gasteiger partial charge in [0.1, 0.15) is 5.75 Å². The number of carbonyl (C=O) groups is 1. The molecule has 15 heavy (non-hydrogen) atoms. The first-order valence-electron chi connectivity index (χ1n) is 5.20. The number of ketones is 1. The van der Waals surface area contributed by atoms with E-state index in [4.69, 9.17) is 0 Å². The third kappa shape index (κ3) is 2.02. The van der Waals surface area contributed by atoms with E-state index in [2.05, 4.69) is 4.90 Å². The van der Waals surface area contributed by atoms with E-state index in [9.17, 15) is 9.90 Å². The fourth-order valence-electron chi connectivity index (χ4n) is 2.11. The van der Waals surface area contributed by atoms with Crippen molar-refractivity contribution in [3.63, 3.8) is 0 Å². The highest BCUT2D eigenvalue weighted by Gasteiger charge is 2.27. The molecule has 0 bridgehead atoms. The van der Waals surface area contributed by atoms with Crippen LogP contribution >= 0.6 is 0 Å². The van der Waals surface area contributed by atoms with Gasteiger partial charge in [-0.1, -0.05) is 12.1 Å². The molecule has 0 aromatic heterocycles. The van der Waals surface area contributed by atoms with Crippen LogP contribution in [0.5, 0.6) is 5.75 Å². The fraction of sp³-hybridized carbons (Fsp3) is 0.417. The van der Waals surface area contributed by atoms with Gasteiger partial charge >= 0.3 is 0 Å². The second-order valence-corrected chi connectivity index (χ2v) is 4.04. The number of carbonyl (C=O) groups excluding carboxylic acids is 1. The zero-order valence-electron chi connectivity index (χ0n) is 8.81. The van der Waals surface area contributed by atoms with Crippen molar-refractivity contribution in [3.05, 3.63) is 29.8 Å². The first-order valence-corrected chi connectivity index (χ1v) is 5.20.